The second kappa shape index (κ2) is 6.88. The zero-order valence-electron chi connectivity index (χ0n) is 13.2. The molecule has 1 saturated heterocycles. The molecule has 118 valence electrons. The normalized spacial score (nSPS) is 25.3. The third-order valence-corrected chi connectivity index (χ3v) is 5.25. The summed E-state index contributed by atoms with van der Waals surface area (Å²) in [5, 5.41) is 17.7. The van der Waals surface area contributed by atoms with Crippen LogP contribution in [0.4, 0.5) is 0 Å². The first-order valence-electron chi connectivity index (χ1n) is 8.49. The van der Waals surface area contributed by atoms with E-state index < -0.39 is 0 Å². The Labute approximate surface area is 127 Å². The van der Waals surface area contributed by atoms with Crippen LogP contribution in [0.1, 0.15) is 62.5 Å². The molecule has 1 aliphatic carbocycles. The summed E-state index contributed by atoms with van der Waals surface area (Å²) in [7, 11) is 1.97. The molecule has 1 aliphatic heterocycles. The molecule has 0 aromatic carbocycles. The molecule has 2 aliphatic rings. The van der Waals surface area contributed by atoms with E-state index in [1.807, 2.05) is 11.6 Å². The van der Waals surface area contributed by atoms with E-state index in [4.69, 9.17) is 0 Å². The predicted molar refractivity (Wildman–Crippen MR) is 81.9 cm³/mol. The Balaban J connectivity index is 1.60. The number of nitrogens with zero attached hydrogens (tertiary/aromatic N) is 4. The standard InChI is InChI=1S/C16H28N4O/c1-19-15(12-21)17-18-16(19)14-8-5-9-20(11-14)10-13-6-3-2-4-7-13/h13-14,21H,2-12H2,1H3. The van der Waals surface area contributed by atoms with Crippen LogP contribution in [0, 0.1) is 5.92 Å². The highest BCUT2D eigenvalue weighted by molar-refractivity contribution is 5.03. The van der Waals surface area contributed by atoms with Gasteiger partial charge < -0.3 is 14.6 Å². The molecule has 1 N–H and O–H groups in total. The van der Waals surface area contributed by atoms with Crippen molar-refractivity contribution in [3.05, 3.63) is 11.6 Å². The number of aliphatic hydroxyl groups excluding tert-OH is 1. The van der Waals surface area contributed by atoms with Crippen LogP contribution in [0.15, 0.2) is 0 Å². The molecule has 1 aromatic rings. The molecule has 0 amide bonds. The quantitative estimate of drug-likeness (QED) is 0.923. The minimum Gasteiger partial charge on any atom is -0.388 e. The molecule has 1 saturated carbocycles. The van der Waals surface area contributed by atoms with E-state index in [1.165, 1.54) is 58.0 Å². The van der Waals surface area contributed by atoms with Crippen molar-refractivity contribution in [2.45, 2.75) is 57.5 Å². The molecule has 5 heteroatoms. The number of likely N-dealkylation sites (tertiary alicyclic amines) is 1. The lowest BCUT2D eigenvalue weighted by molar-refractivity contribution is 0.157. The zero-order valence-corrected chi connectivity index (χ0v) is 13.2. The fourth-order valence-electron chi connectivity index (χ4n) is 4.04. The second-order valence-corrected chi connectivity index (χ2v) is 6.79. The van der Waals surface area contributed by atoms with Crippen LogP contribution >= 0.6 is 0 Å². The summed E-state index contributed by atoms with van der Waals surface area (Å²) in [6.07, 6.45) is 9.55. The van der Waals surface area contributed by atoms with Crippen LogP contribution in [-0.4, -0.2) is 44.4 Å². The van der Waals surface area contributed by atoms with Crippen LogP contribution < -0.4 is 0 Å². The molecule has 0 radical (unpaired) electrons. The number of hydrogen-bond acceptors (Lipinski definition) is 4. The third-order valence-electron chi connectivity index (χ3n) is 5.25. The lowest BCUT2D eigenvalue weighted by Gasteiger charge is -2.35. The van der Waals surface area contributed by atoms with Crippen molar-refractivity contribution >= 4 is 0 Å². The number of hydrogen-bond donors (Lipinski definition) is 1. The SMILES string of the molecule is Cn1c(CO)nnc1C1CCCN(CC2CCCCC2)C1. The Hall–Kier alpha value is -0.940. The average Bonchev–Trinajstić information content (AvgIpc) is 2.89. The molecule has 3 rings (SSSR count). The summed E-state index contributed by atoms with van der Waals surface area (Å²) in [6, 6.07) is 0. The van der Waals surface area contributed by atoms with Crippen LogP contribution in [0.3, 0.4) is 0 Å². The predicted octanol–water partition coefficient (Wildman–Crippen LogP) is 2.07. The van der Waals surface area contributed by atoms with Gasteiger partial charge in [0.2, 0.25) is 0 Å². The van der Waals surface area contributed by atoms with Gasteiger partial charge in [0.05, 0.1) is 0 Å². The van der Waals surface area contributed by atoms with Crippen molar-refractivity contribution in [3.63, 3.8) is 0 Å². The number of piperidine rings is 1. The van der Waals surface area contributed by atoms with E-state index in [9.17, 15) is 5.11 Å². The van der Waals surface area contributed by atoms with E-state index >= 15 is 0 Å². The summed E-state index contributed by atoms with van der Waals surface area (Å²) in [5.74, 6) is 3.10. The number of aliphatic hydroxyl groups is 1. The minimum absolute atomic E-state index is 0.0258. The van der Waals surface area contributed by atoms with E-state index in [2.05, 4.69) is 15.1 Å². The van der Waals surface area contributed by atoms with Crippen molar-refractivity contribution in [2.24, 2.45) is 13.0 Å². The first kappa shape index (κ1) is 15.0. The van der Waals surface area contributed by atoms with Gasteiger partial charge in [-0.15, -0.1) is 10.2 Å². The molecule has 21 heavy (non-hydrogen) atoms. The largest absolute Gasteiger partial charge is 0.388 e. The van der Waals surface area contributed by atoms with Gasteiger partial charge in [0.15, 0.2) is 5.82 Å². The maximum Gasteiger partial charge on any atom is 0.158 e. The summed E-state index contributed by atoms with van der Waals surface area (Å²) >= 11 is 0. The van der Waals surface area contributed by atoms with Gasteiger partial charge in [0.25, 0.3) is 0 Å². The second-order valence-electron chi connectivity index (χ2n) is 6.79. The fraction of sp³-hybridized carbons (Fsp3) is 0.875. The first-order chi connectivity index (χ1) is 10.3. The van der Waals surface area contributed by atoms with Crippen molar-refractivity contribution < 1.29 is 5.11 Å². The monoisotopic (exact) mass is 292 g/mol. The topological polar surface area (TPSA) is 54.2 Å². The van der Waals surface area contributed by atoms with Crippen molar-refractivity contribution in [2.75, 3.05) is 19.6 Å². The van der Waals surface area contributed by atoms with Crippen molar-refractivity contribution in [3.8, 4) is 0 Å². The highest BCUT2D eigenvalue weighted by atomic mass is 16.3. The Bertz CT molecular complexity index is 453. The van der Waals surface area contributed by atoms with Gasteiger partial charge >= 0.3 is 0 Å². The Morgan fingerprint density at radius 2 is 1.90 bits per heavy atom. The van der Waals surface area contributed by atoms with Crippen LogP contribution in [-0.2, 0) is 13.7 Å². The van der Waals surface area contributed by atoms with Gasteiger partial charge in [-0.1, -0.05) is 19.3 Å². The molecule has 2 fully saturated rings. The highest BCUT2D eigenvalue weighted by Crippen LogP contribution is 2.29. The third kappa shape index (κ3) is 3.46. The maximum absolute atomic E-state index is 9.26. The molecule has 0 spiro atoms. The van der Waals surface area contributed by atoms with Gasteiger partial charge in [0.1, 0.15) is 12.4 Å². The van der Waals surface area contributed by atoms with Gasteiger partial charge in [-0.2, -0.15) is 0 Å². The van der Waals surface area contributed by atoms with E-state index in [1.54, 1.807) is 0 Å². The Morgan fingerprint density at radius 1 is 1.10 bits per heavy atom. The molecule has 2 heterocycles. The summed E-state index contributed by atoms with van der Waals surface area (Å²) in [5.41, 5.74) is 0. The van der Waals surface area contributed by atoms with E-state index in [0.717, 1.165) is 18.3 Å². The van der Waals surface area contributed by atoms with E-state index in [-0.39, 0.29) is 6.61 Å². The van der Waals surface area contributed by atoms with Crippen molar-refractivity contribution in [1.82, 2.24) is 19.7 Å². The smallest absolute Gasteiger partial charge is 0.158 e. The zero-order chi connectivity index (χ0) is 14.7. The van der Waals surface area contributed by atoms with Gasteiger partial charge in [-0.3, -0.25) is 0 Å². The average molecular weight is 292 g/mol. The first-order valence-corrected chi connectivity index (χ1v) is 8.49. The lowest BCUT2D eigenvalue weighted by atomic mass is 9.88. The van der Waals surface area contributed by atoms with Crippen molar-refractivity contribution in [1.29, 1.82) is 0 Å². The molecule has 1 atom stereocenters. The summed E-state index contributed by atoms with van der Waals surface area (Å²) in [6.45, 7) is 3.58. The molecule has 0 bridgehead atoms. The Morgan fingerprint density at radius 3 is 2.62 bits per heavy atom. The van der Waals surface area contributed by atoms with Crippen LogP contribution in [0.25, 0.3) is 0 Å². The summed E-state index contributed by atoms with van der Waals surface area (Å²) in [4.78, 5) is 2.64. The van der Waals surface area contributed by atoms with E-state index in [0.29, 0.717) is 11.7 Å². The lowest BCUT2D eigenvalue weighted by Crippen LogP contribution is -2.38. The molecule has 5 nitrogen and oxygen atoms in total. The molecule has 1 aromatic heterocycles. The summed E-state index contributed by atoms with van der Waals surface area (Å²) < 4.78 is 1.98. The molecular formula is C16H28N4O. The van der Waals surface area contributed by atoms with Crippen LogP contribution in [0.5, 0.6) is 0 Å². The molecule has 1 unspecified atom stereocenters. The number of rotatable bonds is 4. The molecular weight excluding hydrogens is 264 g/mol. The van der Waals surface area contributed by atoms with Gasteiger partial charge in [0, 0.05) is 26.1 Å². The fourth-order valence-corrected chi connectivity index (χ4v) is 4.04. The van der Waals surface area contributed by atoms with Crippen LogP contribution in [0.2, 0.25) is 0 Å². The minimum atomic E-state index is -0.0258. The Kier molecular flexibility index (Phi) is 4.91. The highest BCUT2D eigenvalue weighted by Gasteiger charge is 2.27. The van der Waals surface area contributed by atoms with Gasteiger partial charge in [-0.05, 0) is 38.1 Å². The van der Waals surface area contributed by atoms with Gasteiger partial charge in [-0.25, -0.2) is 0 Å². The number of aromatic nitrogens is 3. The maximum atomic E-state index is 9.26.